The molecule has 0 aliphatic carbocycles. The predicted molar refractivity (Wildman–Crippen MR) is 96.7 cm³/mol. The van der Waals surface area contributed by atoms with Crippen molar-refractivity contribution in [1.82, 2.24) is 4.90 Å². The molecule has 0 aromatic heterocycles. The number of hydrogen-bond acceptors (Lipinski definition) is 3. The van der Waals surface area contributed by atoms with Gasteiger partial charge in [0.25, 0.3) is 0 Å². The molecule has 1 fully saturated rings. The number of piperidine rings is 1. The topological polar surface area (TPSA) is 66.8 Å². The first kappa shape index (κ1) is 19.2. The van der Waals surface area contributed by atoms with Gasteiger partial charge in [0.1, 0.15) is 0 Å². The van der Waals surface area contributed by atoms with Crippen molar-refractivity contribution in [3.8, 4) is 0 Å². The SMILES string of the molecule is C=CCOCCCC(=O)N1CCC(Cc2ccccc2C(=O)O)CC1. The van der Waals surface area contributed by atoms with E-state index in [1.54, 1.807) is 18.2 Å². The van der Waals surface area contributed by atoms with E-state index < -0.39 is 5.97 Å². The van der Waals surface area contributed by atoms with Crippen molar-refractivity contribution in [3.63, 3.8) is 0 Å². The van der Waals surface area contributed by atoms with Gasteiger partial charge in [0.05, 0.1) is 12.2 Å². The van der Waals surface area contributed by atoms with Crippen LogP contribution in [-0.2, 0) is 16.0 Å². The second-order valence-electron chi connectivity index (χ2n) is 6.46. The predicted octanol–water partition coefficient (Wildman–Crippen LogP) is 3.15. The Kier molecular flexibility index (Phi) is 7.67. The summed E-state index contributed by atoms with van der Waals surface area (Å²) in [6.45, 7) is 6.21. The Morgan fingerprint density at radius 1 is 1.28 bits per heavy atom. The summed E-state index contributed by atoms with van der Waals surface area (Å²) in [6, 6.07) is 7.19. The van der Waals surface area contributed by atoms with Gasteiger partial charge >= 0.3 is 5.97 Å². The molecule has 1 aliphatic heterocycles. The number of ether oxygens (including phenoxy) is 1. The lowest BCUT2D eigenvalue weighted by atomic mass is 9.88. The van der Waals surface area contributed by atoms with E-state index in [2.05, 4.69) is 6.58 Å². The molecule has 1 saturated heterocycles. The minimum absolute atomic E-state index is 0.187. The molecule has 0 bridgehead atoms. The molecule has 136 valence electrons. The van der Waals surface area contributed by atoms with Gasteiger partial charge in [0.2, 0.25) is 5.91 Å². The lowest BCUT2D eigenvalue weighted by Gasteiger charge is -2.32. The molecule has 2 rings (SSSR count). The maximum Gasteiger partial charge on any atom is 0.335 e. The van der Waals surface area contributed by atoms with Crippen LogP contribution in [0.3, 0.4) is 0 Å². The number of aromatic carboxylic acids is 1. The van der Waals surface area contributed by atoms with Crippen LogP contribution in [0.2, 0.25) is 0 Å². The minimum atomic E-state index is -0.873. The number of nitrogens with zero attached hydrogens (tertiary/aromatic N) is 1. The van der Waals surface area contributed by atoms with Gasteiger partial charge in [-0.2, -0.15) is 0 Å². The van der Waals surface area contributed by atoms with Crippen molar-refractivity contribution >= 4 is 11.9 Å². The molecular weight excluding hydrogens is 318 g/mol. The van der Waals surface area contributed by atoms with Crippen LogP contribution in [0.25, 0.3) is 0 Å². The summed E-state index contributed by atoms with van der Waals surface area (Å²) in [5.41, 5.74) is 1.28. The van der Waals surface area contributed by atoms with Gasteiger partial charge in [-0.3, -0.25) is 4.79 Å². The molecule has 1 aromatic rings. The monoisotopic (exact) mass is 345 g/mol. The Hall–Kier alpha value is -2.14. The van der Waals surface area contributed by atoms with Gasteiger partial charge < -0.3 is 14.7 Å². The van der Waals surface area contributed by atoms with E-state index in [0.717, 1.165) is 44.3 Å². The number of rotatable bonds is 9. The number of likely N-dealkylation sites (tertiary alicyclic amines) is 1. The molecule has 1 amide bonds. The summed E-state index contributed by atoms with van der Waals surface area (Å²) in [5.74, 6) is -0.256. The average molecular weight is 345 g/mol. The van der Waals surface area contributed by atoms with Gasteiger partial charge in [-0.1, -0.05) is 24.3 Å². The molecule has 1 aliphatic rings. The summed E-state index contributed by atoms with van der Waals surface area (Å²) in [7, 11) is 0. The molecule has 0 radical (unpaired) electrons. The highest BCUT2D eigenvalue weighted by atomic mass is 16.5. The quantitative estimate of drug-likeness (QED) is 0.551. The molecule has 0 unspecified atom stereocenters. The first-order chi connectivity index (χ1) is 12.1. The molecule has 0 atom stereocenters. The summed E-state index contributed by atoms with van der Waals surface area (Å²) in [5, 5.41) is 9.28. The fraction of sp³-hybridized carbons (Fsp3) is 0.500. The van der Waals surface area contributed by atoms with E-state index in [9.17, 15) is 14.7 Å². The molecule has 0 spiro atoms. The van der Waals surface area contributed by atoms with Crippen LogP contribution in [-0.4, -0.2) is 48.2 Å². The van der Waals surface area contributed by atoms with E-state index >= 15 is 0 Å². The van der Waals surface area contributed by atoms with Crippen molar-refractivity contribution in [3.05, 3.63) is 48.0 Å². The molecule has 1 heterocycles. The third kappa shape index (κ3) is 6.02. The highest BCUT2D eigenvalue weighted by Gasteiger charge is 2.23. The number of hydrogen-bond donors (Lipinski definition) is 1. The minimum Gasteiger partial charge on any atom is -0.478 e. The molecule has 1 aromatic carbocycles. The number of carboxylic acids is 1. The van der Waals surface area contributed by atoms with Crippen molar-refractivity contribution < 1.29 is 19.4 Å². The Bertz CT molecular complexity index is 591. The average Bonchev–Trinajstić information content (AvgIpc) is 2.62. The summed E-state index contributed by atoms with van der Waals surface area (Å²) < 4.78 is 5.30. The largest absolute Gasteiger partial charge is 0.478 e. The maximum absolute atomic E-state index is 12.2. The van der Waals surface area contributed by atoms with E-state index in [1.165, 1.54) is 0 Å². The number of carbonyl (C=O) groups is 2. The van der Waals surface area contributed by atoms with Gasteiger partial charge in [-0.25, -0.2) is 4.79 Å². The fourth-order valence-electron chi connectivity index (χ4n) is 3.25. The Balaban J connectivity index is 1.75. The normalized spacial score (nSPS) is 15.1. The standard InChI is InChI=1S/C20H27NO4/c1-2-13-25-14-5-8-19(22)21-11-9-16(10-12-21)15-17-6-3-4-7-18(17)20(23)24/h2-4,6-7,16H,1,5,8-15H2,(H,23,24). The van der Waals surface area contributed by atoms with Crippen LogP contribution < -0.4 is 0 Å². The molecule has 0 saturated carbocycles. The zero-order valence-corrected chi connectivity index (χ0v) is 14.7. The van der Waals surface area contributed by atoms with Crippen molar-refractivity contribution in [2.45, 2.75) is 32.1 Å². The highest BCUT2D eigenvalue weighted by Crippen LogP contribution is 2.24. The number of carbonyl (C=O) groups excluding carboxylic acids is 1. The number of amides is 1. The second-order valence-corrected chi connectivity index (χ2v) is 6.46. The fourth-order valence-corrected chi connectivity index (χ4v) is 3.25. The first-order valence-corrected chi connectivity index (χ1v) is 8.89. The van der Waals surface area contributed by atoms with Gasteiger partial charge in [0, 0.05) is 26.1 Å². The Labute approximate surface area is 149 Å². The summed E-state index contributed by atoms with van der Waals surface area (Å²) in [4.78, 5) is 25.4. The zero-order valence-electron chi connectivity index (χ0n) is 14.7. The highest BCUT2D eigenvalue weighted by molar-refractivity contribution is 5.89. The van der Waals surface area contributed by atoms with Crippen LogP contribution in [0, 0.1) is 5.92 Å². The summed E-state index contributed by atoms with van der Waals surface area (Å²) >= 11 is 0. The van der Waals surface area contributed by atoms with Crippen molar-refractivity contribution in [1.29, 1.82) is 0 Å². The third-order valence-electron chi connectivity index (χ3n) is 4.64. The van der Waals surface area contributed by atoms with Crippen LogP contribution in [0.15, 0.2) is 36.9 Å². The van der Waals surface area contributed by atoms with E-state index in [1.807, 2.05) is 17.0 Å². The summed E-state index contributed by atoms with van der Waals surface area (Å²) in [6.07, 6.45) is 5.57. The van der Waals surface area contributed by atoms with Crippen LogP contribution >= 0.6 is 0 Å². The third-order valence-corrected chi connectivity index (χ3v) is 4.64. The van der Waals surface area contributed by atoms with Crippen LogP contribution in [0.4, 0.5) is 0 Å². The molecule has 5 nitrogen and oxygen atoms in total. The smallest absolute Gasteiger partial charge is 0.335 e. The maximum atomic E-state index is 12.2. The number of carboxylic acid groups (broad SMARTS) is 1. The van der Waals surface area contributed by atoms with Crippen LogP contribution in [0.5, 0.6) is 0 Å². The van der Waals surface area contributed by atoms with Gasteiger partial charge in [-0.05, 0) is 43.2 Å². The van der Waals surface area contributed by atoms with Gasteiger partial charge in [-0.15, -0.1) is 6.58 Å². The molecule has 25 heavy (non-hydrogen) atoms. The van der Waals surface area contributed by atoms with Gasteiger partial charge in [0.15, 0.2) is 0 Å². The first-order valence-electron chi connectivity index (χ1n) is 8.89. The van der Waals surface area contributed by atoms with Crippen molar-refractivity contribution in [2.75, 3.05) is 26.3 Å². The molecule has 1 N–H and O–H groups in total. The van der Waals surface area contributed by atoms with Crippen molar-refractivity contribution in [2.24, 2.45) is 5.92 Å². The Morgan fingerprint density at radius 3 is 2.68 bits per heavy atom. The molecular formula is C20H27NO4. The lowest BCUT2D eigenvalue weighted by Crippen LogP contribution is -2.39. The van der Waals surface area contributed by atoms with E-state index in [0.29, 0.717) is 31.1 Å². The van der Waals surface area contributed by atoms with E-state index in [4.69, 9.17) is 4.74 Å². The second kappa shape index (κ2) is 9.99. The number of benzene rings is 1. The Morgan fingerprint density at radius 2 is 2.00 bits per heavy atom. The molecule has 5 heteroatoms. The van der Waals surface area contributed by atoms with E-state index in [-0.39, 0.29) is 5.91 Å². The lowest BCUT2D eigenvalue weighted by molar-refractivity contribution is -0.132. The zero-order chi connectivity index (χ0) is 18.1. The van der Waals surface area contributed by atoms with Crippen LogP contribution in [0.1, 0.15) is 41.6 Å².